The topological polar surface area (TPSA) is 54.3 Å². The quantitative estimate of drug-likeness (QED) is 0.714. The van der Waals surface area contributed by atoms with Crippen molar-refractivity contribution < 1.29 is 4.79 Å². The Labute approximate surface area is 152 Å². The van der Waals surface area contributed by atoms with E-state index in [0.29, 0.717) is 0 Å². The average molecular weight is 347 g/mol. The summed E-state index contributed by atoms with van der Waals surface area (Å²) in [6.07, 6.45) is 3.66. The molecule has 3 aromatic heterocycles. The van der Waals surface area contributed by atoms with Crippen molar-refractivity contribution in [3.05, 3.63) is 53.6 Å². The third kappa shape index (κ3) is 2.21. The van der Waals surface area contributed by atoms with Gasteiger partial charge in [-0.3, -0.25) is 9.78 Å². The van der Waals surface area contributed by atoms with Crippen molar-refractivity contribution in [3.63, 3.8) is 0 Å². The lowest BCUT2D eigenvalue weighted by atomic mass is 10.0. The number of carbonyl (C=O) groups is 1. The van der Waals surface area contributed by atoms with E-state index in [0.717, 1.165) is 54.3 Å². The maximum absolute atomic E-state index is 13.1. The van der Waals surface area contributed by atoms with Crippen molar-refractivity contribution in [3.8, 4) is 0 Å². The molecule has 2 aliphatic rings. The summed E-state index contributed by atoms with van der Waals surface area (Å²) < 4.78 is 2.09. The summed E-state index contributed by atoms with van der Waals surface area (Å²) in [6, 6.07) is 8.38. The van der Waals surface area contributed by atoms with Crippen LogP contribution in [-0.4, -0.2) is 51.0 Å². The first-order valence-corrected chi connectivity index (χ1v) is 9.05. The maximum Gasteiger partial charge on any atom is 0.270 e. The smallest absolute Gasteiger partial charge is 0.270 e. The van der Waals surface area contributed by atoms with Crippen LogP contribution in [-0.2, 0) is 6.54 Å². The Hall–Kier alpha value is -2.89. The van der Waals surface area contributed by atoms with Crippen molar-refractivity contribution in [2.24, 2.45) is 0 Å². The zero-order valence-electron chi connectivity index (χ0n) is 15.0. The van der Waals surface area contributed by atoms with E-state index in [1.165, 1.54) is 5.56 Å². The number of anilines is 1. The largest absolute Gasteiger partial charge is 0.366 e. The zero-order chi connectivity index (χ0) is 17.8. The fraction of sp³-hybridized carbons (Fsp3) is 0.350. The Bertz CT molecular complexity index is 1000. The number of aromatic nitrogens is 3. The second kappa shape index (κ2) is 5.56. The molecule has 2 aliphatic heterocycles. The first-order valence-electron chi connectivity index (χ1n) is 9.05. The fourth-order valence-electron chi connectivity index (χ4n) is 4.15. The highest BCUT2D eigenvalue weighted by atomic mass is 16.2. The molecule has 0 unspecified atom stereocenters. The second-order valence-electron chi connectivity index (χ2n) is 7.27. The van der Waals surface area contributed by atoms with Crippen LogP contribution >= 0.6 is 0 Å². The number of pyridine rings is 2. The molecule has 0 saturated carbocycles. The van der Waals surface area contributed by atoms with Gasteiger partial charge in [-0.2, -0.15) is 0 Å². The van der Waals surface area contributed by atoms with Gasteiger partial charge >= 0.3 is 0 Å². The van der Waals surface area contributed by atoms with Gasteiger partial charge in [0.15, 0.2) is 0 Å². The molecule has 5 heterocycles. The van der Waals surface area contributed by atoms with Crippen LogP contribution in [0.4, 0.5) is 5.69 Å². The molecule has 0 bridgehead atoms. The minimum absolute atomic E-state index is 0.127. The van der Waals surface area contributed by atoms with Gasteiger partial charge in [0.25, 0.3) is 5.91 Å². The third-order valence-electron chi connectivity index (χ3n) is 5.56. The molecule has 0 spiro atoms. The molecule has 0 atom stereocenters. The molecule has 0 aromatic carbocycles. The predicted octanol–water partition coefficient (Wildman–Crippen LogP) is 2.39. The van der Waals surface area contributed by atoms with Gasteiger partial charge in [-0.05, 0) is 43.7 Å². The van der Waals surface area contributed by atoms with Crippen LogP contribution < -0.4 is 4.90 Å². The molecule has 1 saturated heterocycles. The van der Waals surface area contributed by atoms with Gasteiger partial charge in [0.05, 0.1) is 17.9 Å². The van der Waals surface area contributed by atoms with E-state index in [1.807, 2.05) is 30.2 Å². The first-order chi connectivity index (χ1) is 12.6. The Morgan fingerprint density at radius 1 is 1.15 bits per heavy atom. The number of hydrogen-bond donors (Lipinski definition) is 0. The van der Waals surface area contributed by atoms with Crippen molar-refractivity contribution in [1.82, 2.24) is 19.4 Å². The average Bonchev–Trinajstić information content (AvgIpc) is 2.96. The molecule has 6 nitrogen and oxygen atoms in total. The Morgan fingerprint density at radius 2 is 2.00 bits per heavy atom. The van der Waals surface area contributed by atoms with Gasteiger partial charge in [0, 0.05) is 43.5 Å². The summed E-state index contributed by atoms with van der Waals surface area (Å²) in [5.41, 5.74) is 5.01. The molecule has 0 N–H and O–H groups in total. The van der Waals surface area contributed by atoms with Crippen LogP contribution in [0.15, 0.2) is 36.7 Å². The number of rotatable bonds is 2. The molecular weight excluding hydrogens is 326 g/mol. The molecule has 0 radical (unpaired) electrons. The Balaban J connectivity index is 1.41. The van der Waals surface area contributed by atoms with E-state index >= 15 is 0 Å². The van der Waals surface area contributed by atoms with Crippen LogP contribution in [0.2, 0.25) is 0 Å². The number of fused-ring (bicyclic) bond motifs is 3. The van der Waals surface area contributed by atoms with E-state index in [-0.39, 0.29) is 11.9 Å². The first kappa shape index (κ1) is 15.4. The van der Waals surface area contributed by atoms with Gasteiger partial charge in [0.1, 0.15) is 11.3 Å². The lowest BCUT2D eigenvalue weighted by Gasteiger charge is -2.47. The molecule has 1 fully saturated rings. The fourth-order valence-corrected chi connectivity index (χ4v) is 4.15. The van der Waals surface area contributed by atoms with Crippen molar-refractivity contribution in [1.29, 1.82) is 0 Å². The van der Waals surface area contributed by atoms with Crippen molar-refractivity contribution >= 4 is 22.6 Å². The summed E-state index contributed by atoms with van der Waals surface area (Å²) in [5, 5.41) is 1.09. The van der Waals surface area contributed by atoms with E-state index in [1.54, 1.807) is 6.20 Å². The van der Waals surface area contributed by atoms with Crippen LogP contribution in [0, 0.1) is 13.8 Å². The van der Waals surface area contributed by atoms with Crippen molar-refractivity contribution in [2.75, 3.05) is 24.5 Å². The van der Waals surface area contributed by atoms with E-state index < -0.39 is 0 Å². The predicted molar refractivity (Wildman–Crippen MR) is 100 cm³/mol. The summed E-state index contributed by atoms with van der Waals surface area (Å²) in [7, 11) is 0. The van der Waals surface area contributed by atoms with E-state index in [9.17, 15) is 4.79 Å². The molecule has 26 heavy (non-hydrogen) atoms. The normalized spacial score (nSPS) is 17.5. The van der Waals surface area contributed by atoms with Gasteiger partial charge in [-0.25, -0.2) is 4.98 Å². The summed E-state index contributed by atoms with van der Waals surface area (Å²) in [6.45, 7) is 7.38. The minimum Gasteiger partial charge on any atom is -0.366 e. The van der Waals surface area contributed by atoms with Crippen LogP contribution in [0.5, 0.6) is 0 Å². The van der Waals surface area contributed by atoms with Crippen molar-refractivity contribution in [2.45, 2.75) is 26.4 Å². The van der Waals surface area contributed by atoms with Gasteiger partial charge in [0.2, 0.25) is 0 Å². The molecular formula is C20H21N5O. The maximum atomic E-state index is 13.1. The molecule has 6 heteroatoms. The summed E-state index contributed by atoms with van der Waals surface area (Å²) in [5.74, 6) is 0.127. The Kier molecular flexibility index (Phi) is 3.29. The minimum atomic E-state index is 0.127. The molecule has 132 valence electrons. The highest BCUT2D eigenvalue weighted by molar-refractivity contribution is 5.99. The lowest BCUT2D eigenvalue weighted by molar-refractivity contribution is 0.0586. The number of hydrogen-bond acceptors (Lipinski definition) is 4. The summed E-state index contributed by atoms with van der Waals surface area (Å²) >= 11 is 0. The van der Waals surface area contributed by atoms with E-state index in [4.69, 9.17) is 0 Å². The zero-order valence-corrected chi connectivity index (χ0v) is 15.0. The monoisotopic (exact) mass is 347 g/mol. The van der Waals surface area contributed by atoms with E-state index in [2.05, 4.69) is 38.5 Å². The van der Waals surface area contributed by atoms with Crippen LogP contribution in [0.25, 0.3) is 11.0 Å². The number of aryl methyl sites for hydroxylation is 2. The highest BCUT2D eigenvalue weighted by Crippen LogP contribution is 2.29. The van der Waals surface area contributed by atoms with Gasteiger partial charge in [-0.1, -0.05) is 0 Å². The SMILES string of the molecule is Cc1cc(C)c2cc3n(c2n1)CCN(C1CN(c2cccnc2)C1)C3=O. The van der Waals surface area contributed by atoms with Gasteiger partial charge in [-0.15, -0.1) is 0 Å². The van der Waals surface area contributed by atoms with Crippen LogP contribution in [0.3, 0.4) is 0 Å². The second-order valence-corrected chi connectivity index (χ2v) is 7.27. The molecule has 3 aromatic rings. The standard InChI is InChI=1S/C20H21N5O/c1-13-8-14(2)22-19-17(13)9-18-20(26)24(6-7-25(18)19)16-11-23(12-16)15-4-3-5-21-10-15/h3-5,8-10,16H,6-7,11-12H2,1-2H3. The number of carbonyl (C=O) groups excluding carboxylic acids is 1. The molecule has 1 amide bonds. The molecule has 0 aliphatic carbocycles. The number of amides is 1. The Morgan fingerprint density at radius 3 is 2.77 bits per heavy atom. The lowest BCUT2D eigenvalue weighted by Crippen LogP contribution is -2.62. The third-order valence-corrected chi connectivity index (χ3v) is 5.56. The number of nitrogens with zero attached hydrogens (tertiary/aromatic N) is 5. The molecule has 5 rings (SSSR count). The van der Waals surface area contributed by atoms with Gasteiger partial charge < -0.3 is 14.4 Å². The summed E-state index contributed by atoms with van der Waals surface area (Å²) in [4.78, 5) is 26.3. The van der Waals surface area contributed by atoms with Crippen LogP contribution in [0.1, 0.15) is 21.7 Å². The highest BCUT2D eigenvalue weighted by Gasteiger charge is 2.38.